The summed E-state index contributed by atoms with van der Waals surface area (Å²) >= 11 is 13.4. The minimum absolute atomic E-state index is 0. The minimum Gasteiger partial charge on any atom is -0.744 e. The number of ether oxygens (including phenoxy) is 1. The number of carbonyl (C=O) groups is 1. The Morgan fingerprint density at radius 3 is 1.71 bits per heavy atom. The molecule has 3 aromatic carbocycles. The molecule has 3 aromatic rings. The number of phenolic OH excluding ortho intramolecular Hbond substituents is 2. The molecule has 0 aromatic heterocycles. The van der Waals surface area contributed by atoms with E-state index in [1.165, 1.54) is 12.1 Å². The summed E-state index contributed by atoms with van der Waals surface area (Å²) < 4.78 is 76.0. The van der Waals surface area contributed by atoms with Gasteiger partial charge in [0.05, 0.1) is 10.5 Å². The number of halogens is 4. The van der Waals surface area contributed by atoms with E-state index < -0.39 is 53.1 Å². The van der Waals surface area contributed by atoms with Gasteiger partial charge in [-0.05, 0) is 88.0 Å². The summed E-state index contributed by atoms with van der Waals surface area (Å²) in [7, 11) is -10.2. The molecule has 0 aliphatic carbocycles. The molecule has 0 saturated carbocycles. The Bertz CT molecular complexity index is 1630. The summed E-state index contributed by atoms with van der Waals surface area (Å²) in [6, 6.07) is 5.80. The van der Waals surface area contributed by atoms with Crippen molar-refractivity contribution in [1.82, 2.24) is 0 Å². The summed E-state index contributed by atoms with van der Waals surface area (Å²) in [4.78, 5) is 11.3. The average Bonchev–Trinajstić information content (AvgIpc) is 3.09. The van der Waals surface area contributed by atoms with Crippen LogP contribution in [0.4, 0.5) is 0 Å². The van der Waals surface area contributed by atoms with Crippen LogP contribution in [0.5, 0.6) is 11.5 Å². The van der Waals surface area contributed by atoms with Crippen LogP contribution in [0.25, 0.3) is 0 Å². The van der Waals surface area contributed by atoms with Crippen LogP contribution in [0.3, 0.4) is 0 Å². The molecule has 0 bridgehead atoms. The van der Waals surface area contributed by atoms with Gasteiger partial charge in [-0.3, -0.25) is 4.55 Å². The number of phenols is 2. The van der Waals surface area contributed by atoms with Crippen molar-refractivity contribution in [3.05, 3.63) is 76.5 Å². The van der Waals surface area contributed by atoms with Crippen molar-refractivity contribution in [2.75, 3.05) is 0 Å². The standard InChI is InChI=1S/C20H10Br4O10S2.Na.H2O/c21-15-13-14(16(22)18(24)17(15)23)20(34-19(13)27,7-1-3-9(25)11(5-7)35(28,29)30)8-2-4-10(26)12(6-8)36(31,32)33;;/h1-6,25-26H,(H,28,29,30)(H,31,32,33);;1H2/q;+1;/p-1. The predicted molar refractivity (Wildman–Crippen MR) is 140 cm³/mol. The van der Waals surface area contributed by atoms with Gasteiger partial charge in [-0.1, -0.05) is 12.1 Å². The number of aromatic hydroxyl groups is 2. The second kappa shape index (κ2) is 11.4. The maximum absolute atomic E-state index is 13.2. The van der Waals surface area contributed by atoms with Gasteiger partial charge in [-0.25, -0.2) is 13.2 Å². The first-order valence-corrected chi connectivity index (χ1v) is 15.2. The number of carbonyl (C=O) groups excluding carboxylic acids is 1. The summed E-state index contributed by atoms with van der Waals surface area (Å²) in [5.74, 6) is -2.60. The molecule has 198 valence electrons. The topological polar surface area (TPSA) is 210 Å². The summed E-state index contributed by atoms with van der Waals surface area (Å²) in [6.07, 6.45) is 0. The second-order valence-electron chi connectivity index (χ2n) is 7.37. The molecular weight excluding hydrogens is 823 g/mol. The smallest absolute Gasteiger partial charge is 0.744 e. The van der Waals surface area contributed by atoms with E-state index in [1.54, 1.807) is 0 Å². The van der Waals surface area contributed by atoms with E-state index in [4.69, 9.17) is 4.74 Å². The molecule has 1 heterocycles. The van der Waals surface area contributed by atoms with E-state index in [1.807, 2.05) is 0 Å². The second-order valence-corrected chi connectivity index (χ2v) is 13.3. The molecule has 0 saturated heterocycles. The molecule has 0 spiro atoms. The van der Waals surface area contributed by atoms with Crippen LogP contribution in [0.1, 0.15) is 27.0 Å². The molecule has 0 fully saturated rings. The van der Waals surface area contributed by atoms with Gasteiger partial charge in [0.2, 0.25) is 0 Å². The summed E-state index contributed by atoms with van der Waals surface area (Å²) in [6.45, 7) is 0. The molecule has 1 aliphatic rings. The SMILES string of the molecule is O.O=C1OC(c2ccc(O)c(S(=O)(=O)[O-])c2)(c2ccc(O)c(S(=O)(=O)O)c2)c2c(Br)c(Br)c(Br)c(Br)c21.[Na+]. The van der Waals surface area contributed by atoms with Gasteiger partial charge in [0.25, 0.3) is 10.1 Å². The number of benzene rings is 3. The van der Waals surface area contributed by atoms with Crippen LogP contribution in [0.2, 0.25) is 0 Å². The Labute approximate surface area is 271 Å². The molecular formula is C20H11Br4NaO11S2. The van der Waals surface area contributed by atoms with Crippen molar-refractivity contribution >= 4 is 89.9 Å². The zero-order valence-electron chi connectivity index (χ0n) is 18.5. The van der Waals surface area contributed by atoms with E-state index in [0.717, 1.165) is 24.3 Å². The van der Waals surface area contributed by atoms with Gasteiger partial charge < -0.3 is 25.0 Å². The van der Waals surface area contributed by atoms with Gasteiger partial charge in [0.15, 0.2) is 5.60 Å². The van der Waals surface area contributed by atoms with E-state index >= 15 is 0 Å². The van der Waals surface area contributed by atoms with Crippen molar-refractivity contribution in [2.24, 2.45) is 0 Å². The monoisotopic (exact) mass is 830 g/mol. The zero-order valence-corrected chi connectivity index (χ0v) is 28.5. The predicted octanol–water partition coefficient (Wildman–Crippen LogP) is 0.940. The van der Waals surface area contributed by atoms with E-state index in [2.05, 4.69) is 63.7 Å². The van der Waals surface area contributed by atoms with Crippen LogP contribution in [-0.2, 0) is 30.6 Å². The van der Waals surface area contributed by atoms with Gasteiger partial charge in [-0.15, -0.1) is 0 Å². The molecule has 11 nitrogen and oxygen atoms in total. The fourth-order valence-corrected chi connectivity index (χ4v) is 7.60. The number of hydrogen-bond acceptors (Lipinski definition) is 9. The molecule has 0 amide bonds. The molecule has 0 radical (unpaired) electrons. The number of hydrogen-bond donors (Lipinski definition) is 3. The van der Waals surface area contributed by atoms with Gasteiger partial charge in [0, 0.05) is 34.6 Å². The third-order valence-electron chi connectivity index (χ3n) is 5.35. The van der Waals surface area contributed by atoms with E-state index in [0.29, 0.717) is 8.95 Å². The van der Waals surface area contributed by atoms with Crippen molar-refractivity contribution < 1.29 is 80.7 Å². The van der Waals surface area contributed by atoms with Crippen LogP contribution in [0, 0.1) is 0 Å². The van der Waals surface area contributed by atoms with E-state index in [9.17, 15) is 40.9 Å². The third kappa shape index (κ3) is 5.37. The first-order chi connectivity index (χ1) is 16.5. The third-order valence-corrected chi connectivity index (χ3v) is 11.9. The largest absolute Gasteiger partial charge is 1.00 e. The first-order valence-electron chi connectivity index (χ1n) is 9.22. The minimum atomic E-state index is -5.21. The fraction of sp³-hybridized carbons (Fsp3) is 0.0500. The molecule has 5 N–H and O–H groups in total. The summed E-state index contributed by atoms with van der Waals surface area (Å²) in [5.41, 5.74) is -2.44. The fourth-order valence-electron chi connectivity index (χ4n) is 3.84. The normalized spacial score (nSPS) is 16.7. The van der Waals surface area contributed by atoms with Crippen molar-refractivity contribution in [3.63, 3.8) is 0 Å². The maximum Gasteiger partial charge on any atom is 1.00 e. The number of cyclic esters (lactones) is 1. The molecule has 38 heavy (non-hydrogen) atoms. The number of rotatable bonds is 4. The summed E-state index contributed by atoms with van der Waals surface area (Å²) in [5, 5.41) is 20.1. The Balaban J connectivity index is 0.00000253. The van der Waals surface area contributed by atoms with Crippen molar-refractivity contribution in [1.29, 1.82) is 0 Å². The molecule has 1 atom stereocenters. The molecule has 1 unspecified atom stereocenters. The van der Waals surface area contributed by atoms with Gasteiger partial charge in [0.1, 0.15) is 26.5 Å². The number of esters is 1. The Hall–Kier alpha value is -0.570. The molecule has 18 heteroatoms. The van der Waals surface area contributed by atoms with Crippen molar-refractivity contribution in [3.8, 4) is 11.5 Å². The maximum atomic E-state index is 13.2. The average molecular weight is 834 g/mol. The van der Waals surface area contributed by atoms with Crippen molar-refractivity contribution in [2.45, 2.75) is 15.4 Å². The van der Waals surface area contributed by atoms with Gasteiger partial charge in [-0.2, -0.15) is 8.42 Å². The van der Waals surface area contributed by atoms with Gasteiger partial charge >= 0.3 is 35.5 Å². The quantitative estimate of drug-likeness (QED) is 0.111. The van der Waals surface area contributed by atoms with Crippen LogP contribution >= 0.6 is 63.7 Å². The zero-order chi connectivity index (χ0) is 27.0. The Morgan fingerprint density at radius 2 is 1.24 bits per heavy atom. The molecule has 1 aliphatic heterocycles. The number of fused-ring (bicyclic) bond motifs is 1. The van der Waals surface area contributed by atoms with Crippen LogP contribution in [0.15, 0.2) is 64.1 Å². The van der Waals surface area contributed by atoms with E-state index in [-0.39, 0.29) is 66.2 Å². The van der Waals surface area contributed by atoms with Crippen LogP contribution in [-0.4, -0.2) is 47.6 Å². The van der Waals surface area contributed by atoms with Crippen LogP contribution < -0.4 is 29.6 Å². The Morgan fingerprint density at radius 1 is 0.789 bits per heavy atom. The first kappa shape index (κ1) is 33.6. The Kier molecular flexibility index (Phi) is 10.1. The molecule has 4 rings (SSSR count).